The first kappa shape index (κ1) is 22.1. The third-order valence-corrected chi connectivity index (χ3v) is 5.06. The highest BCUT2D eigenvalue weighted by Crippen LogP contribution is 2.23. The van der Waals surface area contributed by atoms with Crippen LogP contribution in [-0.2, 0) is 16.1 Å². The van der Waals surface area contributed by atoms with Crippen LogP contribution >= 0.6 is 11.6 Å². The minimum atomic E-state index is -0.472. The first-order chi connectivity index (χ1) is 14.9. The van der Waals surface area contributed by atoms with E-state index in [4.69, 9.17) is 11.6 Å². The minimum Gasteiger partial charge on any atom is -0.452 e. The fourth-order valence-corrected chi connectivity index (χ4v) is 3.27. The average Bonchev–Trinajstić information content (AvgIpc) is 3.04. The number of anilines is 2. The molecule has 31 heavy (non-hydrogen) atoms. The van der Waals surface area contributed by atoms with Gasteiger partial charge in [0.05, 0.1) is 19.3 Å². The lowest BCUT2D eigenvalue weighted by molar-refractivity contribution is -0.111. The summed E-state index contributed by atoms with van der Waals surface area (Å²) >= 11 is 6.48. The molecule has 0 aliphatic heterocycles. The lowest BCUT2D eigenvalue weighted by Crippen LogP contribution is -2.25. The second-order valence-corrected chi connectivity index (χ2v) is 7.19. The number of aryl methyl sites for hydroxylation is 1. The summed E-state index contributed by atoms with van der Waals surface area (Å²) in [6.45, 7) is 2.40. The molecule has 0 aliphatic rings. The molecule has 2 amide bonds. The second-order valence-electron chi connectivity index (χ2n) is 6.83. The number of ether oxygens (including phenoxy) is 1. The molecule has 8 heteroatoms. The van der Waals surface area contributed by atoms with E-state index in [1.165, 1.54) is 18.1 Å². The van der Waals surface area contributed by atoms with Crippen LogP contribution in [0.1, 0.15) is 16.8 Å². The second kappa shape index (κ2) is 9.95. The van der Waals surface area contributed by atoms with Crippen molar-refractivity contribution in [3.63, 3.8) is 0 Å². The number of hydrogen-bond donors (Lipinski definition) is 1. The molecule has 3 rings (SSSR count). The summed E-state index contributed by atoms with van der Waals surface area (Å²) in [7, 11) is 2.92. The summed E-state index contributed by atoms with van der Waals surface area (Å²) < 4.78 is 6.39. The molecular formula is C23H23ClN4O3. The third-order valence-electron chi connectivity index (χ3n) is 4.66. The molecule has 0 radical (unpaired) electrons. The van der Waals surface area contributed by atoms with Crippen molar-refractivity contribution in [1.82, 2.24) is 9.78 Å². The van der Waals surface area contributed by atoms with Gasteiger partial charge in [0.2, 0.25) is 5.91 Å². The van der Waals surface area contributed by atoms with Crippen LogP contribution in [0.3, 0.4) is 0 Å². The highest BCUT2D eigenvalue weighted by Gasteiger charge is 2.12. The first-order valence-corrected chi connectivity index (χ1v) is 9.94. The smallest absolute Gasteiger partial charge is 0.413 e. The molecule has 0 atom stereocenters. The van der Waals surface area contributed by atoms with E-state index in [1.807, 2.05) is 37.3 Å². The Hall–Kier alpha value is -3.58. The van der Waals surface area contributed by atoms with E-state index in [2.05, 4.69) is 15.2 Å². The van der Waals surface area contributed by atoms with Gasteiger partial charge in [-0.25, -0.2) is 9.48 Å². The van der Waals surface area contributed by atoms with E-state index in [1.54, 1.807) is 42.1 Å². The zero-order valence-corrected chi connectivity index (χ0v) is 18.3. The lowest BCUT2D eigenvalue weighted by atomic mass is 10.2. The largest absolute Gasteiger partial charge is 0.452 e. The Kier molecular flexibility index (Phi) is 7.10. The number of carbonyl (C=O) groups excluding carboxylic acids is 2. The van der Waals surface area contributed by atoms with Crippen LogP contribution in [0, 0.1) is 6.92 Å². The molecule has 1 aromatic heterocycles. The van der Waals surface area contributed by atoms with Crippen molar-refractivity contribution in [1.29, 1.82) is 0 Å². The van der Waals surface area contributed by atoms with Gasteiger partial charge in [0, 0.05) is 30.1 Å². The van der Waals surface area contributed by atoms with Gasteiger partial charge in [-0.15, -0.1) is 0 Å². The molecule has 0 aliphatic carbocycles. The Balaban J connectivity index is 1.65. The van der Waals surface area contributed by atoms with Gasteiger partial charge in [0.25, 0.3) is 0 Å². The number of benzene rings is 2. The Morgan fingerprint density at radius 2 is 1.84 bits per heavy atom. The molecule has 3 aromatic rings. The zero-order valence-electron chi connectivity index (χ0n) is 17.5. The van der Waals surface area contributed by atoms with Gasteiger partial charge < -0.3 is 10.1 Å². The van der Waals surface area contributed by atoms with E-state index in [0.717, 1.165) is 11.3 Å². The number of amides is 2. The summed E-state index contributed by atoms with van der Waals surface area (Å²) in [5, 5.41) is 7.72. The van der Waals surface area contributed by atoms with Crippen LogP contribution < -0.4 is 10.2 Å². The molecule has 1 heterocycles. The molecule has 0 bridgehead atoms. The lowest BCUT2D eigenvalue weighted by Gasteiger charge is -2.15. The molecular weight excluding hydrogens is 416 g/mol. The number of carbonyl (C=O) groups is 2. The van der Waals surface area contributed by atoms with Crippen LogP contribution in [0.25, 0.3) is 6.08 Å². The SMILES string of the molecule is COC(=O)N(C)c1ccc(NC(=O)C=Cc2c(C)nn(Cc3ccccc3)c2Cl)cc1. The van der Waals surface area contributed by atoms with Gasteiger partial charge in [-0.2, -0.15) is 5.10 Å². The van der Waals surface area contributed by atoms with Gasteiger partial charge in [0.1, 0.15) is 5.15 Å². The standard InChI is InChI=1S/C23H23ClN4O3/c1-16-20(22(24)28(26-16)15-17-7-5-4-6-8-17)13-14-21(29)25-18-9-11-19(12-10-18)27(2)23(30)31-3/h4-14H,15H2,1-3H3,(H,25,29). The Bertz CT molecular complexity index is 1090. The van der Waals surface area contributed by atoms with E-state index in [-0.39, 0.29) is 5.91 Å². The van der Waals surface area contributed by atoms with Crippen LogP contribution in [0.4, 0.5) is 16.2 Å². The molecule has 0 saturated heterocycles. The molecule has 0 fully saturated rings. The van der Waals surface area contributed by atoms with Crippen LogP contribution in [-0.4, -0.2) is 35.9 Å². The van der Waals surface area contributed by atoms with Gasteiger partial charge >= 0.3 is 6.09 Å². The number of aromatic nitrogens is 2. The predicted molar refractivity (Wildman–Crippen MR) is 122 cm³/mol. The summed E-state index contributed by atoms with van der Waals surface area (Å²) in [5.41, 5.74) is 3.76. The van der Waals surface area contributed by atoms with E-state index >= 15 is 0 Å². The summed E-state index contributed by atoms with van der Waals surface area (Å²) in [6.07, 6.45) is 2.60. The number of rotatable bonds is 6. The van der Waals surface area contributed by atoms with Crippen LogP contribution in [0.15, 0.2) is 60.7 Å². The van der Waals surface area contributed by atoms with Gasteiger partial charge in [0.15, 0.2) is 0 Å². The first-order valence-electron chi connectivity index (χ1n) is 9.56. The van der Waals surface area contributed by atoms with Crippen molar-refractivity contribution in [3.05, 3.63) is 82.6 Å². The Labute approximate surface area is 185 Å². The quantitative estimate of drug-likeness (QED) is 0.563. The molecule has 7 nitrogen and oxygen atoms in total. The highest BCUT2D eigenvalue weighted by molar-refractivity contribution is 6.31. The van der Waals surface area contributed by atoms with E-state index < -0.39 is 6.09 Å². The fraction of sp³-hybridized carbons (Fsp3) is 0.174. The zero-order chi connectivity index (χ0) is 22.4. The van der Waals surface area contributed by atoms with Crippen molar-refractivity contribution >= 4 is 41.1 Å². The maximum atomic E-state index is 12.3. The van der Waals surface area contributed by atoms with Crippen molar-refractivity contribution < 1.29 is 14.3 Å². The highest BCUT2D eigenvalue weighted by atomic mass is 35.5. The van der Waals surface area contributed by atoms with E-state index in [9.17, 15) is 9.59 Å². The third kappa shape index (κ3) is 5.52. The minimum absolute atomic E-state index is 0.305. The number of nitrogens with zero attached hydrogens (tertiary/aromatic N) is 3. The fourth-order valence-electron chi connectivity index (χ4n) is 2.97. The summed E-state index contributed by atoms with van der Waals surface area (Å²) in [6, 6.07) is 16.7. The van der Waals surface area contributed by atoms with Gasteiger partial charge in [-0.1, -0.05) is 41.9 Å². The van der Waals surface area contributed by atoms with Crippen molar-refractivity contribution in [2.45, 2.75) is 13.5 Å². The number of nitrogens with one attached hydrogen (secondary N) is 1. The number of halogens is 1. The molecule has 0 spiro atoms. The number of methoxy groups -OCH3 is 1. The normalized spacial score (nSPS) is 10.8. The molecule has 2 aromatic carbocycles. The Morgan fingerprint density at radius 3 is 2.48 bits per heavy atom. The molecule has 0 unspecified atom stereocenters. The summed E-state index contributed by atoms with van der Waals surface area (Å²) in [4.78, 5) is 25.3. The molecule has 0 saturated carbocycles. The Morgan fingerprint density at radius 1 is 1.16 bits per heavy atom. The van der Waals surface area contributed by atoms with Gasteiger partial charge in [-0.3, -0.25) is 9.69 Å². The molecule has 1 N–H and O–H groups in total. The van der Waals surface area contributed by atoms with Crippen molar-refractivity contribution in [3.8, 4) is 0 Å². The summed E-state index contributed by atoms with van der Waals surface area (Å²) in [5.74, 6) is -0.305. The van der Waals surface area contributed by atoms with Crippen LogP contribution in [0.5, 0.6) is 0 Å². The topological polar surface area (TPSA) is 76.5 Å². The maximum Gasteiger partial charge on any atom is 0.413 e. The van der Waals surface area contributed by atoms with E-state index in [0.29, 0.717) is 28.6 Å². The number of hydrogen-bond acceptors (Lipinski definition) is 4. The monoisotopic (exact) mass is 438 g/mol. The van der Waals surface area contributed by atoms with Crippen molar-refractivity contribution in [2.24, 2.45) is 0 Å². The van der Waals surface area contributed by atoms with Crippen molar-refractivity contribution in [2.75, 3.05) is 24.4 Å². The van der Waals surface area contributed by atoms with Gasteiger partial charge in [-0.05, 0) is 42.8 Å². The van der Waals surface area contributed by atoms with Crippen LogP contribution in [0.2, 0.25) is 5.15 Å². The predicted octanol–water partition coefficient (Wildman–Crippen LogP) is 4.75. The average molecular weight is 439 g/mol. The molecule has 160 valence electrons. The maximum absolute atomic E-state index is 12.3.